The predicted molar refractivity (Wildman–Crippen MR) is 87.0 cm³/mol. The number of benzene rings is 1. The van der Waals surface area contributed by atoms with Gasteiger partial charge in [0.25, 0.3) is 0 Å². The summed E-state index contributed by atoms with van der Waals surface area (Å²) >= 11 is 9.55. The lowest BCUT2D eigenvalue weighted by molar-refractivity contribution is 0.307. The number of hydrogen-bond donors (Lipinski definition) is 0. The Morgan fingerprint density at radius 3 is 2.50 bits per heavy atom. The largest absolute Gasteiger partial charge is 0.296 e. The maximum absolute atomic E-state index is 5.91. The molecule has 2 aromatic rings. The van der Waals surface area contributed by atoms with Crippen LogP contribution in [0.25, 0.3) is 0 Å². The van der Waals surface area contributed by atoms with E-state index < -0.39 is 0 Å². The summed E-state index contributed by atoms with van der Waals surface area (Å²) < 4.78 is 3.17. The number of rotatable bonds is 5. The van der Waals surface area contributed by atoms with Crippen molar-refractivity contribution >= 4 is 27.5 Å². The van der Waals surface area contributed by atoms with Gasteiger partial charge in [0, 0.05) is 24.7 Å². The fourth-order valence-electron chi connectivity index (χ4n) is 2.23. The van der Waals surface area contributed by atoms with Crippen LogP contribution in [0.5, 0.6) is 0 Å². The third-order valence-corrected chi connectivity index (χ3v) is 4.52. The molecule has 0 spiro atoms. The molecule has 2 rings (SSSR count). The zero-order chi connectivity index (χ0) is 14.7. The second-order valence-electron chi connectivity index (χ2n) is 4.96. The Hall–Kier alpha value is -0.840. The fraction of sp³-hybridized carbons (Fsp3) is 0.400. The lowest BCUT2D eigenvalue weighted by Crippen LogP contribution is -2.20. The molecule has 0 saturated heterocycles. The topological polar surface area (TPSA) is 21.1 Å². The van der Waals surface area contributed by atoms with E-state index in [4.69, 9.17) is 11.6 Å². The van der Waals surface area contributed by atoms with Crippen molar-refractivity contribution in [2.75, 3.05) is 7.05 Å². The third kappa shape index (κ3) is 3.62. The van der Waals surface area contributed by atoms with E-state index >= 15 is 0 Å². The van der Waals surface area contributed by atoms with Gasteiger partial charge in [0.2, 0.25) is 0 Å². The molecule has 108 valence electrons. The molecular weight excluding hydrogens is 338 g/mol. The van der Waals surface area contributed by atoms with Crippen LogP contribution in [0, 0.1) is 6.92 Å². The molecule has 0 unspecified atom stereocenters. The smallest absolute Gasteiger partial charge is 0.0739 e. The summed E-state index contributed by atoms with van der Waals surface area (Å²) in [6, 6.07) is 7.99. The predicted octanol–water partition coefficient (Wildman–Crippen LogP) is 4.26. The van der Waals surface area contributed by atoms with Crippen molar-refractivity contribution in [3.63, 3.8) is 0 Å². The molecule has 5 heteroatoms. The van der Waals surface area contributed by atoms with Gasteiger partial charge < -0.3 is 0 Å². The minimum atomic E-state index is 0.777. The maximum atomic E-state index is 5.91. The van der Waals surface area contributed by atoms with Crippen molar-refractivity contribution in [2.24, 2.45) is 0 Å². The zero-order valence-electron chi connectivity index (χ0n) is 12.0. The van der Waals surface area contributed by atoms with Crippen LogP contribution in [0.4, 0.5) is 0 Å². The first-order valence-electron chi connectivity index (χ1n) is 6.66. The van der Waals surface area contributed by atoms with Crippen LogP contribution in [-0.2, 0) is 19.6 Å². The molecule has 3 nitrogen and oxygen atoms in total. The Kier molecular flexibility index (Phi) is 5.24. The molecule has 1 heterocycles. The van der Waals surface area contributed by atoms with Gasteiger partial charge in [-0.15, -0.1) is 0 Å². The Balaban J connectivity index is 2.08. The lowest BCUT2D eigenvalue weighted by atomic mass is 10.2. The van der Waals surface area contributed by atoms with Crippen molar-refractivity contribution in [1.82, 2.24) is 14.7 Å². The van der Waals surface area contributed by atoms with Crippen molar-refractivity contribution in [1.29, 1.82) is 0 Å². The third-order valence-electron chi connectivity index (χ3n) is 3.24. The van der Waals surface area contributed by atoms with Crippen LogP contribution in [0.3, 0.4) is 0 Å². The summed E-state index contributed by atoms with van der Waals surface area (Å²) in [5, 5.41) is 5.30. The first kappa shape index (κ1) is 15.5. The van der Waals surface area contributed by atoms with Gasteiger partial charge in [-0.25, -0.2) is 0 Å². The summed E-state index contributed by atoms with van der Waals surface area (Å²) in [5.41, 5.74) is 3.52. The number of aromatic nitrogens is 2. The van der Waals surface area contributed by atoms with Gasteiger partial charge in [-0.05, 0) is 54.5 Å². The van der Waals surface area contributed by atoms with Gasteiger partial charge in [0.05, 0.1) is 15.9 Å². The molecule has 20 heavy (non-hydrogen) atoms. The average molecular weight is 357 g/mol. The maximum Gasteiger partial charge on any atom is 0.0739 e. The van der Waals surface area contributed by atoms with Gasteiger partial charge in [0.1, 0.15) is 0 Å². The Morgan fingerprint density at radius 2 is 1.90 bits per heavy atom. The van der Waals surface area contributed by atoms with Crippen LogP contribution < -0.4 is 0 Å². The van der Waals surface area contributed by atoms with E-state index in [-0.39, 0.29) is 0 Å². The lowest BCUT2D eigenvalue weighted by Gasteiger charge is -2.18. The molecule has 0 amide bonds. The molecule has 0 atom stereocenters. The van der Waals surface area contributed by atoms with Crippen molar-refractivity contribution in [2.45, 2.75) is 33.5 Å². The van der Waals surface area contributed by atoms with E-state index in [1.54, 1.807) is 0 Å². The average Bonchev–Trinajstić information content (AvgIpc) is 2.69. The van der Waals surface area contributed by atoms with E-state index in [0.29, 0.717) is 0 Å². The Morgan fingerprint density at radius 1 is 1.25 bits per heavy atom. The van der Waals surface area contributed by atoms with E-state index in [1.807, 2.05) is 19.1 Å². The molecule has 1 aromatic carbocycles. The van der Waals surface area contributed by atoms with E-state index in [1.165, 1.54) is 11.3 Å². The second kappa shape index (κ2) is 6.74. The normalized spacial score (nSPS) is 11.3. The molecule has 0 fully saturated rings. The highest BCUT2D eigenvalue weighted by molar-refractivity contribution is 9.10. The van der Waals surface area contributed by atoms with Crippen molar-refractivity contribution in [3.05, 3.63) is 50.7 Å². The van der Waals surface area contributed by atoms with E-state index in [2.05, 4.69) is 56.7 Å². The highest BCUT2D eigenvalue weighted by Gasteiger charge is 2.14. The summed E-state index contributed by atoms with van der Waals surface area (Å²) in [6.45, 7) is 6.77. The minimum absolute atomic E-state index is 0.777. The molecular formula is C15H19BrClN3. The molecule has 0 bridgehead atoms. The SMILES string of the molecule is CCn1nc(C)c(Br)c1CN(C)Cc1ccc(Cl)cc1. The summed E-state index contributed by atoms with van der Waals surface area (Å²) in [4.78, 5) is 2.27. The van der Waals surface area contributed by atoms with E-state index in [9.17, 15) is 0 Å². The van der Waals surface area contributed by atoms with Gasteiger partial charge >= 0.3 is 0 Å². The Labute approximate surface area is 133 Å². The summed E-state index contributed by atoms with van der Waals surface area (Å²) in [6.07, 6.45) is 0. The first-order chi connectivity index (χ1) is 9.51. The van der Waals surface area contributed by atoms with Crippen molar-refractivity contribution in [3.8, 4) is 0 Å². The van der Waals surface area contributed by atoms with Crippen molar-refractivity contribution < 1.29 is 0 Å². The number of aryl methyl sites for hydroxylation is 2. The molecule has 0 aliphatic heterocycles. The van der Waals surface area contributed by atoms with Gasteiger partial charge in [0.15, 0.2) is 0 Å². The highest BCUT2D eigenvalue weighted by atomic mass is 79.9. The van der Waals surface area contributed by atoms with Gasteiger partial charge in [-0.1, -0.05) is 23.7 Å². The fourth-order valence-corrected chi connectivity index (χ4v) is 2.77. The molecule has 0 saturated carbocycles. The van der Waals surface area contributed by atoms with Crippen LogP contribution >= 0.6 is 27.5 Å². The van der Waals surface area contributed by atoms with Gasteiger partial charge in [-0.2, -0.15) is 5.10 Å². The van der Waals surface area contributed by atoms with E-state index in [0.717, 1.165) is 34.8 Å². The Bertz CT molecular complexity index is 578. The summed E-state index contributed by atoms with van der Waals surface area (Å²) in [7, 11) is 2.11. The minimum Gasteiger partial charge on any atom is -0.296 e. The molecule has 0 aliphatic carbocycles. The standard InChI is InChI=1S/C15H19BrClN3/c1-4-20-14(15(16)11(2)18-20)10-19(3)9-12-5-7-13(17)8-6-12/h5-8H,4,9-10H2,1-3H3. The second-order valence-corrected chi connectivity index (χ2v) is 6.19. The first-order valence-corrected chi connectivity index (χ1v) is 7.83. The van der Waals surface area contributed by atoms with Crippen LogP contribution in [0.1, 0.15) is 23.9 Å². The monoisotopic (exact) mass is 355 g/mol. The van der Waals surface area contributed by atoms with Gasteiger partial charge in [-0.3, -0.25) is 9.58 Å². The molecule has 0 aliphatic rings. The molecule has 0 radical (unpaired) electrons. The number of hydrogen-bond acceptors (Lipinski definition) is 2. The highest BCUT2D eigenvalue weighted by Crippen LogP contribution is 2.22. The quantitative estimate of drug-likeness (QED) is 0.798. The van der Waals surface area contributed by atoms with Crippen LogP contribution in [-0.4, -0.2) is 21.7 Å². The number of nitrogens with zero attached hydrogens (tertiary/aromatic N) is 3. The van der Waals surface area contributed by atoms with Crippen LogP contribution in [0.15, 0.2) is 28.7 Å². The molecule has 0 N–H and O–H groups in total. The summed E-state index contributed by atoms with van der Waals surface area (Å²) in [5.74, 6) is 0. The number of halogens is 2. The molecule has 1 aromatic heterocycles. The zero-order valence-corrected chi connectivity index (χ0v) is 14.4. The van der Waals surface area contributed by atoms with Crippen LogP contribution in [0.2, 0.25) is 5.02 Å².